The van der Waals surface area contributed by atoms with Crippen LogP contribution in [0.4, 0.5) is 0 Å². The molecule has 0 amide bonds. The number of cyclic esters (lactones) is 1. The van der Waals surface area contributed by atoms with Gasteiger partial charge < -0.3 is 19.3 Å². The molecule has 1 atom stereocenters. The maximum Gasteiger partial charge on any atom is 0.342 e. The van der Waals surface area contributed by atoms with E-state index >= 15 is 0 Å². The first-order valence-corrected chi connectivity index (χ1v) is 8.32. The van der Waals surface area contributed by atoms with E-state index in [0.717, 1.165) is 11.1 Å². The largest absolute Gasteiger partial charge is 0.507 e. The number of phenols is 1. The van der Waals surface area contributed by atoms with Gasteiger partial charge in [-0.1, -0.05) is 11.6 Å². The molecule has 0 aromatic heterocycles. The lowest BCUT2D eigenvalue weighted by atomic mass is 9.94. The second-order valence-electron chi connectivity index (χ2n) is 6.46. The van der Waals surface area contributed by atoms with Crippen LogP contribution in [-0.2, 0) is 27.3 Å². The van der Waals surface area contributed by atoms with Crippen LogP contribution in [0.2, 0.25) is 0 Å². The molecule has 1 N–H and O–H groups in total. The van der Waals surface area contributed by atoms with Crippen molar-refractivity contribution in [2.24, 2.45) is 0 Å². The number of rotatable bonds is 7. The second kappa shape index (κ2) is 6.88. The zero-order chi connectivity index (χ0) is 18.1. The fraction of sp³-hybridized carbons (Fsp3) is 0.474. The van der Waals surface area contributed by atoms with Crippen molar-refractivity contribution in [2.45, 2.75) is 45.8 Å². The lowest BCUT2D eigenvalue weighted by Gasteiger charge is -2.15. The van der Waals surface area contributed by atoms with Crippen LogP contribution in [0.25, 0.3) is 0 Å². The van der Waals surface area contributed by atoms with Crippen LogP contribution in [-0.4, -0.2) is 36.7 Å². The maximum absolute atomic E-state index is 11.9. The Morgan fingerprint density at radius 2 is 2.12 bits per heavy atom. The van der Waals surface area contributed by atoms with Gasteiger partial charge in [-0.15, -0.1) is 0 Å². The van der Waals surface area contributed by atoms with E-state index < -0.39 is 5.97 Å². The number of carbonyl (C=O) groups is 2. The minimum atomic E-state index is -0.504. The molecule has 0 spiro atoms. The molecule has 2 heterocycles. The number of aromatic hydroxyl groups is 1. The highest BCUT2D eigenvalue weighted by molar-refractivity contribution is 5.98. The van der Waals surface area contributed by atoms with Crippen LogP contribution in [0.15, 0.2) is 11.6 Å². The molecule has 0 saturated carbocycles. The predicted molar refractivity (Wildman–Crippen MR) is 90.0 cm³/mol. The van der Waals surface area contributed by atoms with Gasteiger partial charge >= 0.3 is 5.97 Å². The number of allylic oxidation sites excluding steroid dienone is 2. The Morgan fingerprint density at radius 1 is 1.40 bits per heavy atom. The zero-order valence-corrected chi connectivity index (χ0v) is 14.7. The predicted octanol–water partition coefficient (Wildman–Crippen LogP) is 2.62. The Bertz CT molecular complexity index is 758. The highest BCUT2D eigenvalue weighted by Crippen LogP contribution is 2.42. The summed E-state index contributed by atoms with van der Waals surface area (Å²) in [7, 11) is 1.54. The Kier molecular flexibility index (Phi) is 4.81. The van der Waals surface area contributed by atoms with E-state index in [1.54, 1.807) is 7.11 Å². The molecule has 0 aliphatic carbocycles. The molecule has 1 aromatic rings. The van der Waals surface area contributed by atoms with Gasteiger partial charge in [-0.2, -0.15) is 0 Å². The van der Waals surface area contributed by atoms with Crippen molar-refractivity contribution in [3.8, 4) is 11.5 Å². The van der Waals surface area contributed by atoms with Gasteiger partial charge in [0.25, 0.3) is 0 Å². The number of benzene rings is 1. The summed E-state index contributed by atoms with van der Waals surface area (Å²) in [6.45, 7) is 4.49. The molecule has 6 nitrogen and oxygen atoms in total. The third kappa shape index (κ3) is 3.39. The van der Waals surface area contributed by atoms with E-state index in [1.807, 2.05) is 19.9 Å². The zero-order valence-electron chi connectivity index (χ0n) is 14.7. The summed E-state index contributed by atoms with van der Waals surface area (Å²) in [5.41, 5.74) is 3.33. The topological polar surface area (TPSA) is 85.4 Å². The molecule has 2 aliphatic heterocycles. The monoisotopic (exact) mass is 346 g/mol. The summed E-state index contributed by atoms with van der Waals surface area (Å²) in [5.74, 6) is 0.118. The molecule has 1 fully saturated rings. The molecule has 2 aliphatic rings. The number of carbonyl (C=O) groups excluding carboxylic acids is 2. The smallest absolute Gasteiger partial charge is 0.342 e. The minimum absolute atomic E-state index is 0.0774. The molecule has 1 aromatic carbocycles. The fourth-order valence-electron chi connectivity index (χ4n) is 3.12. The van der Waals surface area contributed by atoms with Gasteiger partial charge in [0, 0.05) is 17.5 Å². The molecular weight excluding hydrogens is 324 g/mol. The summed E-state index contributed by atoms with van der Waals surface area (Å²) >= 11 is 0. The summed E-state index contributed by atoms with van der Waals surface area (Å²) in [5, 5.41) is 10.5. The third-order valence-corrected chi connectivity index (χ3v) is 4.76. The molecule has 25 heavy (non-hydrogen) atoms. The van der Waals surface area contributed by atoms with E-state index in [0.29, 0.717) is 42.7 Å². The maximum atomic E-state index is 11.9. The summed E-state index contributed by atoms with van der Waals surface area (Å²) in [4.78, 5) is 23.6. The number of epoxide rings is 1. The van der Waals surface area contributed by atoms with Crippen molar-refractivity contribution in [2.75, 3.05) is 13.7 Å². The van der Waals surface area contributed by atoms with Crippen LogP contribution in [0, 0.1) is 6.92 Å². The number of hydrogen-bond acceptors (Lipinski definition) is 6. The lowest BCUT2D eigenvalue weighted by Crippen LogP contribution is -2.06. The molecular formula is C19H22O6. The summed E-state index contributed by atoms with van der Waals surface area (Å²) in [6.07, 6.45) is 3.25. The summed E-state index contributed by atoms with van der Waals surface area (Å²) in [6, 6.07) is 0. The first-order valence-electron chi connectivity index (χ1n) is 8.32. The second-order valence-corrected chi connectivity index (χ2v) is 6.46. The minimum Gasteiger partial charge on any atom is -0.507 e. The first-order chi connectivity index (χ1) is 11.9. The molecule has 3 rings (SSSR count). The van der Waals surface area contributed by atoms with E-state index in [9.17, 15) is 14.7 Å². The first kappa shape index (κ1) is 17.5. The number of Topliss-reactive ketones (excluding diaryl/α,β-unsaturated/α-hetero) is 1. The number of ether oxygens (including phenoxy) is 3. The number of fused-ring (bicyclic) bond motifs is 1. The van der Waals surface area contributed by atoms with Crippen molar-refractivity contribution in [1.82, 2.24) is 0 Å². The van der Waals surface area contributed by atoms with E-state index in [1.165, 1.54) is 0 Å². The van der Waals surface area contributed by atoms with Gasteiger partial charge in [0.05, 0.1) is 13.7 Å². The van der Waals surface area contributed by atoms with Crippen LogP contribution in [0.1, 0.15) is 46.8 Å². The molecule has 0 radical (unpaired) electrons. The van der Waals surface area contributed by atoms with Crippen molar-refractivity contribution in [3.05, 3.63) is 33.9 Å². The Hall–Kier alpha value is -2.34. The highest BCUT2D eigenvalue weighted by atomic mass is 16.6. The standard InChI is InChI=1S/C19H22O6/c1-10(5-7-14(20)15-9-24-15)4-6-12-17(21)16-13(8-25-19(16)22)11(2)18(12)23-3/h4,15,21H,5-9H2,1-3H3/b10-4+/t15-/m0/s1. The van der Waals surface area contributed by atoms with E-state index in [4.69, 9.17) is 14.2 Å². The van der Waals surface area contributed by atoms with Gasteiger partial charge in [-0.25, -0.2) is 4.79 Å². The highest BCUT2D eigenvalue weighted by Gasteiger charge is 2.32. The number of ketones is 1. The van der Waals surface area contributed by atoms with Crippen molar-refractivity contribution in [3.63, 3.8) is 0 Å². The van der Waals surface area contributed by atoms with Gasteiger partial charge in [0.2, 0.25) is 0 Å². The molecule has 134 valence electrons. The fourth-order valence-corrected chi connectivity index (χ4v) is 3.12. The Balaban J connectivity index is 1.80. The molecule has 6 heteroatoms. The Labute approximate surface area is 146 Å². The number of esters is 1. The number of hydrogen-bond donors (Lipinski definition) is 1. The average molecular weight is 346 g/mol. The number of phenolic OH excluding ortho intramolecular Hbond substituents is 1. The van der Waals surface area contributed by atoms with Crippen LogP contribution >= 0.6 is 0 Å². The molecule has 0 bridgehead atoms. The van der Waals surface area contributed by atoms with Crippen molar-refractivity contribution in [1.29, 1.82) is 0 Å². The van der Waals surface area contributed by atoms with Crippen LogP contribution in [0.3, 0.4) is 0 Å². The Morgan fingerprint density at radius 3 is 2.76 bits per heavy atom. The van der Waals surface area contributed by atoms with Crippen molar-refractivity contribution < 1.29 is 28.9 Å². The lowest BCUT2D eigenvalue weighted by molar-refractivity contribution is -0.120. The average Bonchev–Trinajstić information content (AvgIpc) is 3.37. The van der Waals surface area contributed by atoms with Crippen molar-refractivity contribution >= 4 is 11.8 Å². The number of methoxy groups -OCH3 is 1. The SMILES string of the molecule is COc1c(C)c2c(c(O)c1C/C=C(\C)CCC(=O)[C@@H]1CO1)C(=O)OC2. The van der Waals surface area contributed by atoms with Crippen LogP contribution < -0.4 is 4.74 Å². The van der Waals surface area contributed by atoms with Gasteiger partial charge in [-0.3, -0.25) is 4.79 Å². The summed E-state index contributed by atoms with van der Waals surface area (Å²) < 4.78 is 15.5. The normalized spacial score (nSPS) is 18.8. The van der Waals surface area contributed by atoms with Crippen LogP contribution in [0.5, 0.6) is 11.5 Å². The molecule has 1 saturated heterocycles. The van der Waals surface area contributed by atoms with E-state index in [-0.39, 0.29) is 29.8 Å². The quantitative estimate of drug-likeness (QED) is 0.464. The molecule has 0 unspecified atom stereocenters. The van der Waals surface area contributed by atoms with Gasteiger partial charge in [0.15, 0.2) is 5.78 Å². The third-order valence-electron chi connectivity index (χ3n) is 4.76. The van der Waals surface area contributed by atoms with Gasteiger partial charge in [0.1, 0.15) is 29.8 Å². The van der Waals surface area contributed by atoms with E-state index in [2.05, 4.69) is 0 Å². The van der Waals surface area contributed by atoms with Gasteiger partial charge in [-0.05, 0) is 32.3 Å².